The molecule has 0 aliphatic rings. The predicted octanol–water partition coefficient (Wildman–Crippen LogP) is 3.77. The minimum Gasteiger partial charge on any atom is -0.459 e. The van der Waals surface area contributed by atoms with Crippen LogP contribution >= 0.6 is 0 Å². The Morgan fingerprint density at radius 1 is 1.08 bits per heavy atom. The summed E-state index contributed by atoms with van der Waals surface area (Å²) in [7, 11) is 0. The average molecular weight is 328 g/mol. The molecule has 0 radical (unpaired) electrons. The van der Waals surface area contributed by atoms with Gasteiger partial charge in [0.2, 0.25) is 5.91 Å². The first-order chi connectivity index (χ1) is 11.7. The van der Waals surface area contributed by atoms with Crippen LogP contribution in [0.4, 0.5) is 5.69 Å². The van der Waals surface area contributed by atoms with Gasteiger partial charge in [0.05, 0.1) is 6.26 Å². The van der Waals surface area contributed by atoms with Gasteiger partial charge in [-0.2, -0.15) is 0 Å². The molecule has 0 aliphatic carbocycles. The van der Waals surface area contributed by atoms with E-state index in [9.17, 15) is 9.59 Å². The van der Waals surface area contributed by atoms with Gasteiger partial charge in [-0.3, -0.25) is 9.59 Å². The monoisotopic (exact) mass is 328 g/mol. The third-order valence-corrected chi connectivity index (χ3v) is 3.69. The molecule has 0 spiro atoms. The van der Waals surface area contributed by atoms with E-state index in [0.717, 1.165) is 12.1 Å². The van der Waals surface area contributed by atoms with Crippen molar-refractivity contribution in [3.8, 4) is 0 Å². The van der Waals surface area contributed by atoms with E-state index in [1.54, 1.807) is 12.1 Å². The maximum Gasteiger partial charge on any atom is 0.286 e. The third-order valence-electron chi connectivity index (χ3n) is 3.69. The molecule has 0 aliphatic heterocycles. The average Bonchev–Trinajstić information content (AvgIpc) is 3.11. The van der Waals surface area contributed by atoms with E-state index in [1.165, 1.54) is 31.1 Å². The number of nitrogens with one attached hydrogen (secondary N) is 2. The molecule has 2 aromatic rings. The van der Waals surface area contributed by atoms with E-state index in [1.807, 2.05) is 24.3 Å². The molecular weight excluding hydrogens is 304 g/mol. The van der Waals surface area contributed by atoms with E-state index in [4.69, 9.17) is 4.42 Å². The summed E-state index contributed by atoms with van der Waals surface area (Å²) in [4.78, 5) is 23.5. The Bertz CT molecular complexity index is 633. The first kappa shape index (κ1) is 17.8. The van der Waals surface area contributed by atoms with E-state index >= 15 is 0 Å². The molecule has 0 atom stereocenters. The van der Waals surface area contributed by atoms with Gasteiger partial charge in [-0.05, 0) is 42.7 Å². The van der Waals surface area contributed by atoms with Gasteiger partial charge in [0.1, 0.15) is 0 Å². The quantitative estimate of drug-likeness (QED) is 0.688. The number of aryl methyl sites for hydroxylation is 1. The van der Waals surface area contributed by atoms with E-state index < -0.39 is 0 Å². The molecule has 1 aromatic carbocycles. The minimum absolute atomic E-state index is 0.131. The second-order valence-electron chi connectivity index (χ2n) is 5.69. The molecule has 0 saturated heterocycles. The van der Waals surface area contributed by atoms with Crippen molar-refractivity contribution >= 4 is 17.5 Å². The molecule has 1 aromatic heterocycles. The lowest BCUT2D eigenvalue weighted by molar-refractivity contribution is -0.116. The topological polar surface area (TPSA) is 71.3 Å². The van der Waals surface area contributed by atoms with Crippen LogP contribution in [0, 0.1) is 0 Å². The summed E-state index contributed by atoms with van der Waals surface area (Å²) in [5.41, 5.74) is 2.06. The first-order valence-electron chi connectivity index (χ1n) is 8.39. The van der Waals surface area contributed by atoms with Crippen molar-refractivity contribution < 1.29 is 14.0 Å². The number of anilines is 1. The number of amides is 2. The highest BCUT2D eigenvalue weighted by Gasteiger charge is 2.08. The normalized spacial score (nSPS) is 10.4. The summed E-state index contributed by atoms with van der Waals surface area (Å²) < 4.78 is 4.98. The molecule has 0 bridgehead atoms. The number of hydrogen-bond acceptors (Lipinski definition) is 3. The van der Waals surface area contributed by atoms with Crippen LogP contribution in [0.25, 0.3) is 0 Å². The molecule has 0 unspecified atom stereocenters. The van der Waals surface area contributed by atoms with Crippen molar-refractivity contribution in [1.29, 1.82) is 0 Å². The van der Waals surface area contributed by atoms with Crippen molar-refractivity contribution in [2.45, 2.75) is 39.0 Å². The van der Waals surface area contributed by atoms with Crippen molar-refractivity contribution in [3.63, 3.8) is 0 Å². The third kappa shape index (κ3) is 5.91. The zero-order chi connectivity index (χ0) is 17.2. The number of carbonyl (C=O) groups excluding carboxylic acids is 2. The predicted molar refractivity (Wildman–Crippen MR) is 94.0 cm³/mol. The van der Waals surface area contributed by atoms with Gasteiger partial charge in [-0.1, -0.05) is 31.9 Å². The van der Waals surface area contributed by atoms with Crippen LogP contribution in [0.15, 0.2) is 47.1 Å². The van der Waals surface area contributed by atoms with Crippen LogP contribution in [0.5, 0.6) is 0 Å². The summed E-state index contributed by atoms with van der Waals surface area (Å²) >= 11 is 0. The highest BCUT2D eigenvalue weighted by molar-refractivity contribution is 5.93. The molecule has 1 heterocycles. The van der Waals surface area contributed by atoms with E-state index in [0.29, 0.717) is 0 Å². The summed E-state index contributed by atoms with van der Waals surface area (Å²) in [6.45, 7) is 2.45. The van der Waals surface area contributed by atoms with Crippen LogP contribution in [0.3, 0.4) is 0 Å². The Balaban J connectivity index is 1.69. The van der Waals surface area contributed by atoms with Gasteiger partial charge in [0, 0.05) is 18.7 Å². The standard InChI is InChI=1S/C19H24N2O3/c1-2-3-4-6-15-8-10-16(11-9-15)21-18(22)12-13-20-19(23)17-7-5-14-24-17/h5,7-11,14H,2-4,6,12-13H2,1H3,(H,20,23)(H,21,22). The maximum absolute atomic E-state index is 11.9. The zero-order valence-corrected chi connectivity index (χ0v) is 14.0. The van der Waals surface area contributed by atoms with Gasteiger partial charge in [0.15, 0.2) is 5.76 Å². The molecule has 2 amide bonds. The second-order valence-corrected chi connectivity index (χ2v) is 5.69. The SMILES string of the molecule is CCCCCc1ccc(NC(=O)CCNC(=O)c2ccco2)cc1. The van der Waals surface area contributed by atoms with Gasteiger partial charge < -0.3 is 15.1 Å². The zero-order valence-electron chi connectivity index (χ0n) is 14.0. The van der Waals surface area contributed by atoms with Crippen LogP contribution in [0.2, 0.25) is 0 Å². The van der Waals surface area contributed by atoms with Gasteiger partial charge in [-0.15, -0.1) is 0 Å². The molecule has 0 fully saturated rings. The van der Waals surface area contributed by atoms with Gasteiger partial charge in [-0.25, -0.2) is 0 Å². The summed E-state index contributed by atoms with van der Waals surface area (Å²) in [6, 6.07) is 11.2. The van der Waals surface area contributed by atoms with Crippen molar-refractivity contribution in [2.24, 2.45) is 0 Å². The van der Waals surface area contributed by atoms with Crippen molar-refractivity contribution in [1.82, 2.24) is 5.32 Å². The van der Waals surface area contributed by atoms with E-state index in [2.05, 4.69) is 17.6 Å². The summed E-state index contributed by atoms with van der Waals surface area (Å²) in [5.74, 6) is -0.202. The highest BCUT2D eigenvalue weighted by Crippen LogP contribution is 2.12. The van der Waals surface area contributed by atoms with E-state index in [-0.39, 0.29) is 30.5 Å². The Kier molecular flexibility index (Phi) is 7.08. The lowest BCUT2D eigenvalue weighted by atomic mass is 10.1. The highest BCUT2D eigenvalue weighted by atomic mass is 16.3. The Hall–Kier alpha value is -2.56. The fraction of sp³-hybridized carbons (Fsp3) is 0.368. The number of carbonyl (C=O) groups is 2. The van der Waals surface area contributed by atoms with Crippen LogP contribution < -0.4 is 10.6 Å². The molecule has 128 valence electrons. The number of unbranched alkanes of at least 4 members (excludes halogenated alkanes) is 2. The number of rotatable bonds is 9. The Morgan fingerprint density at radius 2 is 1.88 bits per heavy atom. The van der Waals surface area contributed by atoms with Crippen molar-refractivity contribution in [2.75, 3.05) is 11.9 Å². The van der Waals surface area contributed by atoms with Gasteiger partial charge in [0.25, 0.3) is 5.91 Å². The van der Waals surface area contributed by atoms with Gasteiger partial charge >= 0.3 is 0 Å². The summed E-state index contributed by atoms with van der Waals surface area (Å²) in [6.07, 6.45) is 6.36. The number of furan rings is 1. The summed E-state index contributed by atoms with van der Waals surface area (Å²) in [5, 5.41) is 5.48. The fourth-order valence-corrected chi connectivity index (χ4v) is 2.34. The largest absolute Gasteiger partial charge is 0.459 e. The fourth-order valence-electron chi connectivity index (χ4n) is 2.34. The second kappa shape index (κ2) is 9.55. The Morgan fingerprint density at radius 3 is 2.54 bits per heavy atom. The number of benzene rings is 1. The lowest BCUT2D eigenvalue weighted by Crippen LogP contribution is -2.27. The lowest BCUT2D eigenvalue weighted by Gasteiger charge is -2.07. The molecule has 24 heavy (non-hydrogen) atoms. The Labute approximate surface area is 142 Å². The minimum atomic E-state index is -0.316. The molecule has 0 saturated carbocycles. The smallest absolute Gasteiger partial charge is 0.286 e. The van der Waals surface area contributed by atoms with Crippen molar-refractivity contribution in [3.05, 3.63) is 54.0 Å². The van der Waals surface area contributed by atoms with Crippen LogP contribution in [-0.4, -0.2) is 18.4 Å². The first-order valence-corrected chi connectivity index (χ1v) is 8.39. The molecule has 2 rings (SSSR count). The maximum atomic E-state index is 11.9. The van der Waals surface area contributed by atoms with Crippen LogP contribution in [0.1, 0.15) is 48.7 Å². The molecule has 2 N–H and O–H groups in total. The number of hydrogen-bond donors (Lipinski definition) is 2. The molecular formula is C19H24N2O3. The molecule has 5 heteroatoms. The molecule has 5 nitrogen and oxygen atoms in total. The van der Waals surface area contributed by atoms with Crippen LogP contribution in [-0.2, 0) is 11.2 Å².